The molecule has 1 saturated heterocycles. The minimum Gasteiger partial charge on any atom is -0.361 e. The van der Waals surface area contributed by atoms with E-state index in [1.165, 1.54) is 0 Å². The largest absolute Gasteiger partial charge is 0.361 e. The highest BCUT2D eigenvalue weighted by molar-refractivity contribution is 7.15. The molecule has 1 amide bonds. The molecule has 0 radical (unpaired) electrons. The lowest BCUT2D eigenvalue weighted by atomic mass is 10.3. The van der Waals surface area contributed by atoms with Gasteiger partial charge in [0.25, 0.3) is 5.91 Å². The molecule has 2 aromatic rings. The zero-order valence-corrected chi connectivity index (χ0v) is 12.2. The summed E-state index contributed by atoms with van der Waals surface area (Å²) in [7, 11) is 0. The van der Waals surface area contributed by atoms with Crippen molar-refractivity contribution in [2.75, 3.05) is 31.1 Å². The van der Waals surface area contributed by atoms with Gasteiger partial charge in [0.05, 0.1) is 0 Å². The van der Waals surface area contributed by atoms with Gasteiger partial charge in [-0.25, -0.2) is 0 Å². The van der Waals surface area contributed by atoms with Crippen molar-refractivity contribution in [3.05, 3.63) is 22.5 Å². The Labute approximate surface area is 120 Å². The summed E-state index contributed by atoms with van der Waals surface area (Å²) in [6.07, 6.45) is 0. The van der Waals surface area contributed by atoms with E-state index < -0.39 is 0 Å². The van der Waals surface area contributed by atoms with E-state index in [1.807, 2.05) is 6.92 Å². The number of hydrogen-bond donors (Lipinski definition) is 0. The maximum absolute atomic E-state index is 12.2. The molecule has 0 saturated carbocycles. The summed E-state index contributed by atoms with van der Waals surface area (Å²) in [6.45, 7) is 6.55. The zero-order chi connectivity index (χ0) is 14.1. The molecule has 2 aromatic heterocycles. The predicted molar refractivity (Wildman–Crippen MR) is 74.0 cm³/mol. The molecule has 0 bridgehead atoms. The number of anilines is 1. The molecule has 0 aliphatic carbocycles. The first kappa shape index (κ1) is 13.0. The van der Waals surface area contributed by atoms with Gasteiger partial charge in [0, 0.05) is 32.2 Å². The fraction of sp³-hybridized carbons (Fsp3) is 0.500. The van der Waals surface area contributed by atoms with Gasteiger partial charge in [-0.2, -0.15) is 0 Å². The standard InChI is InChI=1S/C12H15N5O2S/c1-8-7-10(15-19-8)11(18)16-3-5-17(6-4-16)12-14-13-9(2)20-12/h7H,3-6H2,1-2H3. The highest BCUT2D eigenvalue weighted by Gasteiger charge is 2.25. The van der Waals surface area contributed by atoms with Crippen LogP contribution < -0.4 is 4.90 Å². The monoisotopic (exact) mass is 293 g/mol. The summed E-state index contributed by atoms with van der Waals surface area (Å²) in [5.74, 6) is 0.575. The molecule has 1 aliphatic rings. The lowest BCUT2D eigenvalue weighted by Gasteiger charge is -2.33. The number of carbonyl (C=O) groups is 1. The first-order valence-corrected chi connectivity index (χ1v) is 7.23. The number of hydrogen-bond acceptors (Lipinski definition) is 7. The number of piperazine rings is 1. The van der Waals surface area contributed by atoms with E-state index in [0.717, 1.165) is 23.2 Å². The van der Waals surface area contributed by atoms with Crippen LogP contribution in [0.4, 0.5) is 5.13 Å². The van der Waals surface area contributed by atoms with Crippen molar-refractivity contribution < 1.29 is 9.32 Å². The third kappa shape index (κ3) is 2.51. The normalized spacial score (nSPS) is 15.7. The van der Waals surface area contributed by atoms with E-state index in [9.17, 15) is 4.79 Å². The minimum absolute atomic E-state index is 0.0741. The van der Waals surface area contributed by atoms with Crippen LogP contribution in [0.5, 0.6) is 0 Å². The topological polar surface area (TPSA) is 75.4 Å². The summed E-state index contributed by atoms with van der Waals surface area (Å²) in [5.41, 5.74) is 0.378. The fourth-order valence-electron chi connectivity index (χ4n) is 2.14. The van der Waals surface area contributed by atoms with E-state index in [-0.39, 0.29) is 5.91 Å². The Kier molecular flexibility index (Phi) is 3.39. The molecule has 106 valence electrons. The quantitative estimate of drug-likeness (QED) is 0.825. The van der Waals surface area contributed by atoms with Crippen LogP contribution in [0.2, 0.25) is 0 Å². The van der Waals surface area contributed by atoms with Crippen molar-refractivity contribution in [1.29, 1.82) is 0 Å². The van der Waals surface area contributed by atoms with Gasteiger partial charge in [-0.05, 0) is 13.8 Å². The van der Waals surface area contributed by atoms with Crippen LogP contribution in [0.1, 0.15) is 21.3 Å². The Morgan fingerprint density at radius 1 is 1.25 bits per heavy atom. The average Bonchev–Trinajstić information content (AvgIpc) is 3.07. The molecule has 0 unspecified atom stereocenters. The minimum atomic E-state index is -0.0741. The first-order valence-electron chi connectivity index (χ1n) is 6.41. The van der Waals surface area contributed by atoms with E-state index in [2.05, 4.69) is 20.3 Å². The highest BCUT2D eigenvalue weighted by atomic mass is 32.1. The van der Waals surface area contributed by atoms with Gasteiger partial charge in [0.15, 0.2) is 5.69 Å². The third-order valence-electron chi connectivity index (χ3n) is 3.20. The van der Waals surface area contributed by atoms with Crippen LogP contribution >= 0.6 is 11.3 Å². The zero-order valence-electron chi connectivity index (χ0n) is 11.4. The second-order valence-corrected chi connectivity index (χ2v) is 5.87. The van der Waals surface area contributed by atoms with Crippen molar-refractivity contribution in [3.63, 3.8) is 0 Å². The smallest absolute Gasteiger partial charge is 0.276 e. The molecule has 0 spiro atoms. The summed E-state index contributed by atoms with van der Waals surface area (Å²) in [6, 6.07) is 1.67. The van der Waals surface area contributed by atoms with Crippen LogP contribution in [-0.2, 0) is 0 Å². The maximum Gasteiger partial charge on any atom is 0.276 e. The Balaban J connectivity index is 1.62. The van der Waals surface area contributed by atoms with E-state index in [1.54, 1.807) is 29.2 Å². The number of nitrogens with zero attached hydrogens (tertiary/aromatic N) is 5. The molecule has 20 heavy (non-hydrogen) atoms. The van der Waals surface area contributed by atoms with Crippen molar-refractivity contribution in [3.8, 4) is 0 Å². The Hall–Kier alpha value is -1.96. The predicted octanol–water partition coefficient (Wildman–Crippen LogP) is 1.11. The van der Waals surface area contributed by atoms with Gasteiger partial charge < -0.3 is 14.3 Å². The van der Waals surface area contributed by atoms with Gasteiger partial charge >= 0.3 is 0 Å². The lowest BCUT2D eigenvalue weighted by Crippen LogP contribution is -2.48. The number of rotatable bonds is 2. The molecule has 3 rings (SSSR count). The molecule has 0 atom stereocenters. The third-order valence-corrected chi connectivity index (χ3v) is 4.10. The molecular formula is C12H15N5O2S. The highest BCUT2D eigenvalue weighted by Crippen LogP contribution is 2.21. The molecule has 3 heterocycles. The second-order valence-electron chi connectivity index (χ2n) is 4.71. The molecule has 1 aliphatic heterocycles. The van der Waals surface area contributed by atoms with Gasteiger partial charge in [-0.3, -0.25) is 4.79 Å². The van der Waals surface area contributed by atoms with Crippen molar-refractivity contribution in [2.24, 2.45) is 0 Å². The SMILES string of the molecule is Cc1cc(C(=O)N2CCN(c3nnc(C)s3)CC2)no1. The molecule has 0 N–H and O–H groups in total. The number of aryl methyl sites for hydroxylation is 2. The maximum atomic E-state index is 12.2. The van der Waals surface area contributed by atoms with Gasteiger partial charge in [0.1, 0.15) is 10.8 Å². The van der Waals surface area contributed by atoms with E-state index in [4.69, 9.17) is 4.52 Å². The molecule has 8 heteroatoms. The molecule has 7 nitrogen and oxygen atoms in total. The summed E-state index contributed by atoms with van der Waals surface area (Å²) >= 11 is 1.58. The molecule has 0 aromatic carbocycles. The van der Waals surface area contributed by atoms with Crippen LogP contribution in [0.3, 0.4) is 0 Å². The fourth-order valence-corrected chi connectivity index (χ4v) is 2.88. The molecule has 1 fully saturated rings. The van der Waals surface area contributed by atoms with Gasteiger partial charge in [0.2, 0.25) is 5.13 Å². The average molecular weight is 293 g/mol. The summed E-state index contributed by atoms with van der Waals surface area (Å²) in [4.78, 5) is 16.2. The number of carbonyl (C=O) groups excluding carboxylic acids is 1. The van der Waals surface area contributed by atoms with Gasteiger partial charge in [-0.1, -0.05) is 16.5 Å². The number of amides is 1. The van der Waals surface area contributed by atoms with Crippen LogP contribution in [0, 0.1) is 13.8 Å². The van der Waals surface area contributed by atoms with Crippen molar-refractivity contribution >= 4 is 22.4 Å². The Morgan fingerprint density at radius 2 is 2.00 bits per heavy atom. The van der Waals surface area contributed by atoms with E-state index in [0.29, 0.717) is 24.5 Å². The number of aromatic nitrogens is 3. The van der Waals surface area contributed by atoms with Crippen LogP contribution in [0.25, 0.3) is 0 Å². The second kappa shape index (κ2) is 5.20. The lowest BCUT2D eigenvalue weighted by molar-refractivity contribution is 0.0736. The van der Waals surface area contributed by atoms with Crippen LogP contribution in [-0.4, -0.2) is 52.3 Å². The summed E-state index contributed by atoms with van der Waals surface area (Å²) in [5, 5.41) is 13.8. The first-order chi connectivity index (χ1) is 9.63. The Bertz CT molecular complexity index is 615. The Morgan fingerprint density at radius 3 is 2.55 bits per heavy atom. The van der Waals surface area contributed by atoms with E-state index >= 15 is 0 Å². The summed E-state index contributed by atoms with van der Waals surface area (Å²) < 4.78 is 4.95. The van der Waals surface area contributed by atoms with Crippen LogP contribution in [0.15, 0.2) is 10.6 Å². The van der Waals surface area contributed by atoms with Gasteiger partial charge in [-0.15, -0.1) is 10.2 Å². The molecular weight excluding hydrogens is 278 g/mol. The van der Waals surface area contributed by atoms with Crippen molar-refractivity contribution in [2.45, 2.75) is 13.8 Å². The van der Waals surface area contributed by atoms with Crippen molar-refractivity contribution in [1.82, 2.24) is 20.3 Å².